The second-order valence-electron chi connectivity index (χ2n) is 2.88. The summed E-state index contributed by atoms with van der Waals surface area (Å²) in [6.07, 6.45) is 3.42. The Morgan fingerprint density at radius 1 is 0.875 bits per heavy atom. The Kier molecular flexibility index (Phi) is 6.44. The van der Waals surface area contributed by atoms with Crippen molar-refractivity contribution in [2.45, 2.75) is 19.2 Å². The number of hydrogen-bond acceptors (Lipinski definition) is 2. The molecule has 2 atom stereocenters. The van der Waals surface area contributed by atoms with E-state index >= 15 is 0 Å². The molecule has 0 spiro atoms. The van der Waals surface area contributed by atoms with E-state index in [1.807, 2.05) is 24.3 Å². The van der Waals surface area contributed by atoms with Crippen LogP contribution >= 0.6 is 46.7 Å². The van der Waals surface area contributed by atoms with Crippen LogP contribution in [0.15, 0.2) is 59.4 Å². The minimum Gasteiger partial charge on any atom is -0.106 e. The van der Waals surface area contributed by atoms with Crippen LogP contribution in [0.2, 0.25) is 0 Å². The lowest BCUT2D eigenvalue weighted by Gasteiger charge is -2.06. The van der Waals surface area contributed by atoms with Crippen molar-refractivity contribution in [3.63, 3.8) is 0 Å². The fourth-order valence-electron chi connectivity index (χ4n) is 0.953. The summed E-state index contributed by atoms with van der Waals surface area (Å²) in [7, 11) is 0. The van der Waals surface area contributed by atoms with Crippen molar-refractivity contribution in [2.24, 2.45) is 0 Å². The van der Waals surface area contributed by atoms with E-state index in [-0.39, 0.29) is 9.42 Å². The molecule has 86 valence electrons. The predicted octanol–water partition coefficient (Wildman–Crippen LogP) is 5.37. The minimum atomic E-state index is -0.0903. The first-order chi connectivity index (χ1) is 7.65. The third-order valence-corrected chi connectivity index (χ3v) is 4.51. The van der Waals surface area contributed by atoms with Crippen molar-refractivity contribution in [2.75, 3.05) is 0 Å². The number of halogens is 2. The summed E-state index contributed by atoms with van der Waals surface area (Å²) in [6.45, 7) is 7.28. The fourth-order valence-corrected chi connectivity index (χ4v) is 2.87. The summed E-state index contributed by atoms with van der Waals surface area (Å²) < 4.78 is -0.181. The van der Waals surface area contributed by atoms with Gasteiger partial charge in [0.2, 0.25) is 0 Å². The zero-order valence-electron chi connectivity index (χ0n) is 8.61. The lowest BCUT2D eigenvalue weighted by molar-refractivity contribution is 1.34. The zero-order chi connectivity index (χ0) is 12.0. The summed E-state index contributed by atoms with van der Waals surface area (Å²) in [6, 6.07) is 8.11. The minimum absolute atomic E-state index is 0.0903. The normalized spacial score (nSPS) is 14.1. The molecule has 0 saturated heterocycles. The maximum Gasteiger partial charge on any atom is 0.101 e. The third kappa shape index (κ3) is 4.88. The Hall–Kier alpha value is -0.0200. The number of alkyl halides is 2. The van der Waals surface area contributed by atoms with Gasteiger partial charge in [-0.1, -0.05) is 12.2 Å². The second-order valence-corrected chi connectivity index (χ2v) is 6.77. The van der Waals surface area contributed by atoms with Gasteiger partial charge in [0.25, 0.3) is 0 Å². The molecule has 4 heteroatoms. The summed E-state index contributed by atoms with van der Waals surface area (Å²) in [5, 5.41) is 0. The molecule has 1 rings (SSSR count). The van der Waals surface area contributed by atoms with E-state index < -0.39 is 0 Å². The van der Waals surface area contributed by atoms with Crippen LogP contribution in [0.5, 0.6) is 0 Å². The monoisotopic (exact) mass is 290 g/mol. The third-order valence-electron chi connectivity index (χ3n) is 1.69. The highest BCUT2D eigenvalue weighted by atomic mass is 35.5. The average Bonchev–Trinajstić information content (AvgIpc) is 2.31. The molecule has 0 aliphatic rings. The molecule has 0 aliphatic carbocycles. The predicted molar refractivity (Wildman–Crippen MR) is 77.8 cm³/mol. The Labute approximate surface area is 115 Å². The zero-order valence-corrected chi connectivity index (χ0v) is 11.8. The van der Waals surface area contributed by atoms with Gasteiger partial charge in [-0.15, -0.1) is 59.9 Å². The molecule has 0 saturated carbocycles. The van der Waals surface area contributed by atoms with Gasteiger partial charge in [0.15, 0.2) is 0 Å². The molecular formula is C12H12Cl2S2. The van der Waals surface area contributed by atoms with Gasteiger partial charge in [-0.05, 0) is 24.3 Å². The molecule has 0 nitrogen and oxygen atoms in total. The lowest BCUT2D eigenvalue weighted by atomic mass is 10.4. The molecule has 1 aromatic rings. The van der Waals surface area contributed by atoms with Crippen LogP contribution in [0, 0.1) is 0 Å². The van der Waals surface area contributed by atoms with E-state index in [0.717, 1.165) is 9.79 Å². The number of hydrogen-bond donors (Lipinski definition) is 0. The van der Waals surface area contributed by atoms with Gasteiger partial charge in [0.05, 0.1) is 0 Å². The van der Waals surface area contributed by atoms with Crippen molar-refractivity contribution in [3.05, 3.63) is 49.6 Å². The Balaban J connectivity index is 2.60. The van der Waals surface area contributed by atoms with E-state index in [2.05, 4.69) is 13.2 Å². The fraction of sp³-hybridized carbons (Fsp3) is 0.167. The van der Waals surface area contributed by atoms with Gasteiger partial charge in [0.1, 0.15) is 9.42 Å². The smallest absolute Gasteiger partial charge is 0.101 e. The Morgan fingerprint density at radius 3 is 1.44 bits per heavy atom. The average molecular weight is 291 g/mol. The highest BCUT2D eigenvalue weighted by Gasteiger charge is 2.04. The van der Waals surface area contributed by atoms with E-state index in [1.54, 1.807) is 35.7 Å². The van der Waals surface area contributed by atoms with Gasteiger partial charge < -0.3 is 0 Å². The molecule has 1 aromatic carbocycles. The van der Waals surface area contributed by atoms with E-state index in [4.69, 9.17) is 23.2 Å². The first kappa shape index (κ1) is 14.0. The van der Waals surface area contributed by atoms with E-state index in [9.17, 15) is 0 Å². The van der Waals surface area contributed by atoms with Gasteiger partial charge in [-0.25, -0.2) is 0 Å². The second kappa shape index (κ2) is 7.33. The van der Waals surface area contributed by atoms with Gasteiger partial charge >= 0.3 is 0 Å². The summed E-state index contributed by atoms with van der Waals surface area (Å²) >= 11 is 15.0. The Morgan fingerprint density at radius 2 is 1.19 bits per heavy atom. The number of rotatable bonds is 6. The molecule has 2 unspecified atom stereocenters. The van der Waals surface area contributed by atoms with Crippen LogP contribution in [-0.2, 0) is 0 Å². The standard InChI is InChI=1S/C12H12Cl2S2/c1-3-11(13)15-9-5-7-10(8-6-9)16-12(14)4-2/h3-8,11-12H,1-2H2. The lowest BCUT2D eigenvalue weighted by Crippen LogP contribution is -1.86. The summed E-state index contributed by atoms with van der Waals surface area (Å²) in [4.78, 5) is 2.24. The molecule has 0 bridgehead atoms. The van der Waals surface area contributed by atoms with Crippen LogP contribution in [0.25, 0.3) is 0 Å². The van der Waals surface area contributed by atoms with Crippen LogP contribution < -0.4 is 0 Å². The van der Waals surface area contributed by atoms with E-state index in [1.165, 1.54) is 0 Å². The van der Waals surface area contributed by atoms with Crippen molar-refractivity contribution >= 4 is 46.7 Å². The first-order valence-corrected chi connectivity index (χ1v) is 7.25. The van der Waals surface area contributed by atoms with Crippen molar-refractivity contribution in [1.29, 1.82) is 0 Å². The number of thioether (sulfide) groups is 2. The van der Waals surface area contributed by atoms with Crippen LogP contribution in [0.3, 0.4) is 0 Å². The molecule has 0 aromatic heterocycles. The van der Waals surface area contributed by atoms with E-state index in [0.29, 0.717) is 0 Å². The highest BCUT2D eigenvalue weighted by molar-refractivity contribution is 8.01. The van der Waals surface area contributed by atoms with Gasteiger partial charge in [-0.3, -0.25) is 0 Å². The molecule has 16 heavy (non-hydrogen) atoms. The Bertz CT molecular complexity index is 314. The molecule has 0 heterocycles. The van der Waals surface area contributed by atoms with Gasteiger partial charge in [0, 0.05) is 9.79 Å². The van der Waals surface area contributed by atoms with Crippen LogP contribution in [-0.4, -0.2) is 9.42 Å². The molecular weight excluding hydrogens is 279 g/mol. The van der Waals surface area contributed by atoms with Gasteiger partial charge in [-0.2, -0.15) is 0 Å². The number of benzene rings is 1. The molecule has 0 fully saturated rings. The van der Waals surface area contributed by atoms with Crippen molar-refractivity contribution in [1.82, 2.24) is 0 Å². The quantitative estimate of drug-likeness (QED) is 0.392. The summed E-state index contributed by atoms with van der Waals surface area (Å²) in [5.41, 5.74) is 0. The first-order valence-electron chi connectivity index (χ1n) is 4.62. The highest BCUT2D eigenvalue weighted by Crippen LogP contribution is 2.31. The largest absolute Gasteiger partial charge is 0.106 e. The van der Waals surface area contributed by atoms with Crippen molar-refractivity contribution < 1.29 is 0 Å². The molecule has 0 N–H and O–H groups in total. The molecule has 0 aliphatic heterocycles. The molecule has 0 amide bonds. The maximum atomic E-state index is 5.95. The summed E-state index contributed by atoms with van der Waals surface area (Å²) in [5.74, 6) is 0. The molecule has 0 radical (unpaired) electrons. The SMILES string of the molecule is C=CC(Cl)Sc1ccc(SC(Cl)C=C)cc1. The van der Waals surface area contributed by atoms with Crippen LogP contribution in [0.4, 0.5) is 0 Å². The topological polar surface area (TPSA) is 0 Å². The van der Waals surface area contributed by atoms with Crippen molar-refractivity contribution in [3.8, 4) is 0 Å². The maximum absolute atomic E-state index is 5.95. The van der Waals surface area contributed by atoms with Crippen LogP contribution in [0.1, 0.15) is 0 Å².